The van der Waals surface area contributed by atoms with Gasteiger partial charge in [-0.1, -0.05) is 0 Å². The number of carboxylic acid groups (broad SMARTS) is 1. The summed E-state index contributed by atoms with van der Waals surface area (Å²) in [6, 6.07) is 0. The van der Waals surface area contributed by atoms with E-state index >= 15 is 0 Å². The molecule has 1 aliphatic heterocycles. The summed E-state index contributed by atoms with van der Waals surface area (Å²) >= 11 is 0. The number of carbonyl (C=O) groups is 2. The third-order valence-electron chi connectivity index (χ3n) is 3.70. The predicted octanol–water partition coefficient (Wildman–Crippen LogP) is -0.0390. The van der Waals surface area contributed by atoms with Crippen LogP contribution < -0.4 is 0 Å². The Morgan fingerprint density at radius 2 is 2.05 bits per heavy atom. The summed E-state index contributed by atoms with van der Waals surface area (Å²) in [7, 11) is 1.81. The van der Waals surface area contributed by atoms with Crippen molar-refractivity contribution in [3.8, 4) is 0 Å². The zero-order chi connectivity index (χ0) is 14.7. The van der Waals surface area contributed by atoms with Crippen molar-refractivity contribution in [2.24, 2.45) is 7.05 Å². The molecule has 1 amide bonds. The van der Waals surface area contributed by atoms with Gasteiger partial charge in [0.15, 0.2) is 0 Å². The SMILES string of the molecule is Cc1c(C(=O)N2CCCN(CC(=O)O)CC2)cnn1C. The zero-order valence-electron chi connectivity index (χ0n) is 11.9. The van der Waals surface area contributed by atoms with Crippen molar-refractivity contribution in [2.45, 2.75) is 13.3 Å². The van der Waals surface area contributed by atoms with Crippen molar-refractivity contribution in [1.29, 1.82) is 0 Å². The molecule has 0 aliphatic carbocycles. The second kappa shape index (κ2) is 6.04. The Labute approximate surface area is 117 Å². The first-order valence-corrected chi connectivity index (χ1v) is 6.71. The van der Waals surface area contributed by atoms with E-state index in [1.807, 2.05) is 18.9 Å². The van der Waals surface area contributed by atoms with Crippen LogP contribution in [0.3, 0.4) is 0 Å². The molecule has 0 radical (unpaired) electrons. The molecule has 1 aliphatic rings. The van der Waals surface area contributed by atoms with Crippen LogP contribution in [0.1, 0.15) is 22.5 Å². The predicted molar refractivity (Wildman–Crippen MR) is 72.5 cm³/mol. The van der Waals surface area contributed by atoms with E-state index in [1.54, 1.807) is 15.8 Å². The Balaban J connectivity index is 2.01. The fourth-order valence-electron chi connectivity index (χ4n) is 2.40. The summed E-state index contributed by atoms with van der Waals surface area (Å²) in [5, 5.41) is 12.9. The van der Waals surface area contributed by atoms with E-state index in [0.717, 1.165) is 12.1 Å². The van der Waals surface area contributed by atoms with Crippen LogP contribution in [-0.4, -0.2) is 69.3 Å². The quantitative estimate of drug-likeness (QED) is 0.840. The standard InChI is InChI=1S/C13H20N4O3/c1-10-11(8-14-15(10)2)13(20)17-5-3-4-16(6-7-17)9-12(18)19/h8H,3-7,9H2,1-2H3,(H,18,19). The Morgan fingerprint density at radius 3 is 2.65 bits per heavy atom. The van der Waals surface area contributed by atoms with Crippen molar-refractivity contribution >= 4 is 11.9 Å². The minimum Gasteiger partial charge on any atom is -0.480 e. The van der Waals surface area contributed by atoms with E-state index in [0.29, 0.717) is 31.7 Å². The number of aryl methyl sites for hydroxylation is 1. The lowest BCUT2D eigenvalue weighted by atomic mass is 10.2. The molecule has 1 saturated heterocycles. The second-order valence-corrected chi connectivity index (χ2v) is 5.08. The van der Waals surface area contributed by atoms with Gasteiger partial charge in [-0.05, 0) is 13.3 Å². The van der Waals surface area contributed by atoms with Crippen LogP contribution in [-0.2, 0) is 11.8 Å². The Morgan fingerprint density at radius 1 is 1.30 bits per heavy atom. The molecular weight excluding hydrogens is 260 g/mol. The maximum absolute atomic E-state index is 12.5. The molecule has 1 N–H and O–H groups in total. The number of nitrogens with zero attached hydrogens (tertiary/aromatic N) is 4. The number of rotatable bonds is 3. The summed E-state index contributed by atoms with van der Waals surface area (Å²) in [6.07, 6.45) is 2.38. The van der Waals surface area contributed by atoms with Crippen molar-refractivity contribution < 1.29 is 14.7 Å². The number of amides is 1. The molecular formula is C13H20N4O3. The van der Waals surface area contributed by atoms with Crippen molar-refractivity contribution in [2.75, 3.05) is 32.7 Å². The minimum atomic E-state index is -0.826. The van der Waals surface area contributed by atoms with Crippen LogP contribution in [0, 0.1) is 6.92 Å². The van der Waals surface area contributed by atoms with Crippen LogP contribution in [0.2, 0.25) is 0 Å². The summed E-state index contributed by atoms with van der Waals surface area (Å²) in [5.41, 5.74) is 1.47. The van der Waals surface area contributed by atoms with Gasteiger partial charge in [-0.2, -0.15) is 5.10 Å². The van der Waals surface area contributed by atoms with Gasteiger partial charge in [0.05, 0.1) is 18.3 Å². The number of carboxylic acids is 1. The van der Waals surface area contributed by atoms with Gasteiger partial charge in [0.25, 0.3) is 5.91 Å². The number of aromatic nitrogens is 2. The first-order chi connectivity index (χ1) is 9.49. The third-order valence-corrected chi connectivity index (χ3v) is 3.70. The summed E-state index contributed by atoms with van der Waals surface area (Å²) in [6.45, 7) is 4.42. The van der Waals surface area contributed by atoms with Crippen LogP contribution in [0.15, 0.2) is 6.20 Å². The minimum absolute atomic E-state index is 0.0206. The van der Waals surface area contributed by atoms with Crippen molar-refractivity contribution in [3.63, 3.8) is 0 Å². The lowest BCUT2D eigenvalue weighted by molar-refractivity contribution is -0.138. The largest absolute Gasteiger partial charge is 0.480 e. The molecule has 20 heavy (non-hydrogen) atoms. The summed E-state index contributed by atoms with van der Waals surface area (Å²) in [5.74, 6) is -0.847. The highest BCUT2D eigenvalue weighted by molar-refractivity contribution is 5.95. The zero-order valence-corrected chi connectivity index (χ0v) is 11.9. The summed E-state index contributed by atoms with van der Waals surface area (Å²) < 4.78 is 1.68. The maximum atomic E-state index is 12.5. The fourth-order valence-corrected chi connectivity index (χ4v) is 2.40. The molecule has 0 aromatic carbocycles. The maximum Gasteiger partial charge on any atom is 0.317 e. The monoisotopic (exact) mass is 280 g/mol. The lowest BCUT2D eigenvalue weighted by Gasteiger charge is -2.21. The molecule has 7 heteroatoms. The van der Waals surface area contributed by atoms with Crippen molar-refractivity contribution in [3.05, 3.63) is 17.5 Å². The molecule has 7 nitrogen and oxygen atoms in total. The van der Waals surface area contributed by atoms with Crippen LogP contribution in [0.25, 0.3) is 0 Å². The molecule has 0 bridgehead atoms. The molecule has 0 unspecified atom stereocenters. The van der Waals surface area contributed by atoms with E-state index in [9.17, 15) is 9.59 Å². The van der Waals surface area contributed by atoms with Gasteiger partial charge in [-0.3, -0.25) is 19.2 Å². The molecule has 1 fully saturated rings. The highest BCUT2D eigenvalue weighted by Crippen LogP contribution is 2.12. The number of aliphatic carboxylic acids is 1. The van der Waals surface area contributed by atoms with E-state index in [4.69, 9.17) is 5.11 Å². The molecule has 2 rings (SSSR count). The van der Waals surface area contributed by atoms with Gasteiger partial charge in [0, 0.05) is 38.9 Å². The first kappa shape index (κ1) is 14.5. The molecule has 0 saturated carbocycles. The molecule has 0 spiro atoms. The number of hydrogen-bond donors (Lipinski definition) is 1. The second-order valence-electron chi connectivity index (χ2n) is 5.08. The van der Waals surface area contributed by atoms with Crippen LogP contribution in [0.5, 0.6) is 0 Å². The van der Waals surface area contributed by atoms with Gasteiger partial charge in [-0.25, -0.2) is 0 Å². The van der Waals surface area contributed by atoms with Crippen LogP contribution >= 0.6 is 0 Å². The smallest absolute Gasteiger partial charge is 0.317 e. The fraction of sp³-hybridized carbons (Fsp3) is 0.615. The van der Waals surface area contributed by atoms with E-state index in [1.165, 1.54) is 0 Å². The van der Waals surface area contributed by atoms with E-state index < -0.39 is 5.97 Å². The Hall–Kier alpha value is -1.89. The average molecular weight is 280 g/mol. The van der Waals surface area contributed by atoms with Gasteiger partial charge >= 0.3 is 5.97 Å². The molecule has 110 valence electrons. The van der Waals surface area contributed by atoms with E-state index in [-0.39, 0.29) is 12.5 Å². The molecule has 1 aromatic rings. The van der Waals surface area contributed by atoms with Gasteiger partial charge in [-0.15, -0.1) is 0 Å². The average Bonchev–Trinajstić information content (AvgIpc) is 2.61. The van der Waals surface area contributed by atoms with Gasteiger partial charge in [0.2, 0.25) is 0 Å². The molecule has 2 heterocycles. The Bertz CT molecular complexity index is 512. The Kier molecular flexibility index (Phi) is 4.39. The molecule has 0 atom stereocenters. The normalized spacial score (nSPS) is 17.0. The highest BCUT2D eigenvalue weighted by atomic mass is 16.4. The number of carbonyl (C=O) groups excluding carboxylic acids is 1. The topological polar surface area (TPSA) is 78.7 Å². The molecule has 1 aromatic heterocycles. The third kappa shape index (κ3) is 3.16. The van der Waals surface area contributed by atoms with Crippen LogP contribution in [0.4, 0.5) is 0 Å². The van der Waals surface area contributed by atoms with Crippen molar-refractivity contribution in [1.82, 2.24) is 19.6 Å². The van der Waals surface area contributed by atoms with Gasteiger partial charge < -0.3 is 10.0 Å². The van der Waals surface area contributed by atoms with Gasteiger partial charge in [0.1, 0.15) is 0 Å². The first-order valence-electron chi connectivity index (χ1n) is 6.71. The number of hydrogen-bond acceptors (Lipinski definition) is 4. The van der Waals surface area contributed by atoms with E-state index in [2.05, 4.69) is 5.10 Å². The lowest BCUT2D eigenvalue weighted by Crippen LogP contribution is -2.36. The highest BCUT2D eigenvalue weighted by Gasteiger charge is 2.23. The summed E-state index contributed by atoms with van der Waals surface area (Å²) in [4.78, 5) is 26.8.